The third-order valence-electron chi connectivity index (χ3n) is 4.57. The quantitative estimate of drug-likeness (QED) is 0.402. The summed E-state index contributed by atoms with van der Waals surface area (Å²) in [6.07, 6.45) is 0. The summed E-state index contributed by atoms with van der Waals surface area (Å²) in [5, 5.41) is 12.1. The molecule has 0 radical (unpaired) electrons. The van der Waals surface area contributed by atoms with Crippen molar-refractivity contribution in [3.8, 4) is 22.9 Å². The van der Waals surface area contributed by atoms with Crippen molar-refractivity contribution in [1.82, 2.24) is 14.8 Å². The fraction of sp³-hybridized carbons (Fsp3) is 0.125. The molecule has 0 spiro atoms. The molecule has 1 N–H and O–H groups in total. The van der Waals surface area contributed by atoms with Crippen molar-refractivity contribution in [2.45, 2.75) is 12.1 Å². The first kappa shape index (κ1) is 20.7. The van der Waals surface area contributed by atoms with Gasteiger partial charge in [-0.25, -0.2) is 0 Å². The van der Waals surface area contributed by atoms with Crippen LogP contribution in [0.5, 0.6) is 11.5 Å². The smallest absolute Gasteiger partial charge is 0.234 e. The van der Waals surface area contributed by atoms with Gasteiger partial charge in [-0.1, -0.05) is 65.9 Å². The van der Waals surface area contributed by atoms with Gasteiger partial charge in [-0.05, 0) is 31.2 Å². The average Bonchev–Trinajstić information content (AvgIpc) is 3.14. The first-order valence-corrected chi connectivity index (χ1v) is 10.8. The molecule has 0 atom stereocenters. The topological polar surface area (TPSA) is 69.0 Å². The highest BCUT2D eigenvalue weighted by Crippen LogP contribution is 2.25. The minimum atomic E-state index is -0.123. The van der Waals surface area contributed by atoms with Crippen LogP contribution in [0.3, 0.4) is 0 Å². The highest BCUT2D eigenvalue weighted by Gasteiger charge is 2.13. The monoisotopic (exact) mass is 430 g/mol. The fourth-order valence-electron chi connectivity index (χ4n) is 2.98. The van der Waals surface area contributed by atoms with Crippen molar-refractivity contribution in [3.63, 3.8) is 0 Å². The Kier molecular flexibility index (Phi) is 6.33. The van der Waals surface area contributed by atoms with Crippen LogP contribution in [0.2, 0.25) is 0 Å². The Morgan fingerprint density at radius 1 is 0.968 bits per heavy atom. The van der Waals surface area contributed by atoms with E-state index in [9.17, 15) is 4.79 Å². The van der Waals surface area contributed by atoms with E-state index in [0.29, 0.717) is 16.6 Å². The van der Waals surface area contributed by atoms with E-state index in [4.69, 9.17) is 4.74 Å². The second-order valence-electron chi connectivity index (χ2n) is 7.01. The predicted molar refractivity (Wildman–Crippen MR) is 123 cm³/mol. The van der Waals surface area contributed by atoms with Crippen LogP contribution >= 0.6 is 11.8 Å². The summed E-state index contributed by atoms with van der Waals surface area (Å²) in [6.45, 7) is 2.05. The van der Waals surface area contributed by atoms with Gasteiger partial charge in [0, 0.05) is 24.4 Å². The molecule has 0 saturated heterocycles. The van der Waals surface area contributed by atoms with Gasteiger partial charge in [0.2, 0.25) is 5.91 Å². The Bertz CT molecular complexity index is 1170. The van der Waals surface area contributed by atoms with Gasteiger partial charge >= 0.3 is 0 Å². The molecule has 31 heavy (non-hydrogen) atoms. The molecule has 0 aliphatic rings. The molecule has 3 aromatic carbocycles. The number of nitrogens with zero attached hydrogens (tertiary/aromatic N) is 3. The highest BCUT2D eigenvalue weighted by molar-refractivity contribution is 7.99. The number of ether oxygens (including phenoxy) is 1. The van der Waals surface area contributed by atoms with Crippen LogP contribution in [0.15, 0.2) is 84.0 Å². The third-order valence-corrected chi connectivity index (χ3v) is 5.59. The Morgan fingerprint density at radius 2 is 1.71 bits per heavy atom. The van der Waals surface area contributed by atoms with Gasteiger partial charge in [0.05, 0.1) is 5.75 Å². The van der Waals surface area contributed by atoms with Crippen LogP contribution in [0.1, 0.15) is 5.56 Å². The standard InChI is InChI=1S/C24H22N4O2S/c1-17-11-13-18(14-12-17)23-26-27-24(28(23)2)31-16-22(29)25-19-7-6-10-21(15-19)30-20-8-4-3-5-9-20/h3-15H,16H2,1-2H3,(H,25,29). The number of aromatic nitrogens is 3. The summed E-state index contributed by atoms with van der Waals surface area (Å²) in [5.41, 5.74) is 2.86. The largest absolute Gasteiger partial charge is 0.457 e. The van der Waals surface area contributed by atoms with E-state index in [1.807, 2.05) is 91.3 Å². The number of para-hydroxylation sites is 1. The van der Waals surface area contributed by atoms with Gasteiger partial charge in [-0.3, -0.25) is 4.79 Å². The molecule has 1 aromatic heterocycles. The number of amides is 1. The maximum Gasteiger partial charge on any atom is 0.234 e. The number of hydrogen-bond donors (Lipinski definition) is 1. The van der Waals surface area contributed by atoms with Gasteiger partial charge in [0.25, 0.3) is 0 Å². The van der Waals surface area contributed by atoms with Crippen molar-refractivity contribution < 1.29 is 9.53 Å². The normalized spacial score (nSPS) is 10.6. The molecule has 0 bridgehead atoms. The molecular formula is C24H22N4O2S. The van der Waals surface area contributed by atoms with Crippen molar-refractivity contribution in [1.29, 1.82) is 0 Å². The maximum atomic E-state index is 12.5. The van der Waals surface area contributed by atoms with E-state index in [1.54, 1.807) is 6.07 Å². The van der Waals surface area contributed by atoms with Gasteiger partial charge in [-0.15, -0.1) is 10.2 Å². The molecule has 156 valence electrons. The second kappa shape index (κ2) is 9.49. The van der Waals surface area contributed by atoms with Gasteiger partial charge in [-0.2, -0.15) is 0 Å². The number of carbonyl (C=O) groups excluding carboxylic acids is 1. The van der Waals surface area contributed by atoms with Crippen LogP contribution in [-0.2, 0) is 11.8 Å². The molecular weight excluding hydrogens is 408 g/mol. The summed E-state index contributed by atoms with van der Waals surface area (Å²) in [4.78, 5) is 12.5. The Balaban J connectivity index is 1.36. The van der Waals surface area contributed by atoms with Crippen LogP contribution in [-0.4, -0.2) is 26.4 Å². The molecule has 6 nitrogen and oxygen atoms in total. The summed E-state index contributed by atoms with van der Waals surface area (Å²) in [7, 11) is 1.90. The zero-order chi connectivity index (χ0) is 21.6. The van der Waals surface area contributed by atoms with E-state index < -0.39 is 0 Å². The highest BCUT2D eigenvalue weighted by atomic mass is 32.2. The van der Waals surface area contributed by atoms with Gasteiger partial charge in [0.15, 0.2) is 11.0 Å². The SMILES string of the molecule is Cc1ccc(-c2nnc(SCC(=O)Nc3cccc(Oc4ccccc4)c3)n2C)cc1. The van der Waals surface area contributed by atoms with E-state index in [-0.39, 0.29) is 11.7 Å². The molecule has 0 saturated carbocycles. The first-order valence-electron chi connectivity index (χ1n) is 9.80. The van der Waals surface area contributed by atoms with Crippen LogP contribution in [0.25, 0.3) is 11.4 Å². The molecule has 1 amide bonds. The Hall–Kier alpha value is -3.58. The molecule has 1 heterocycles. The lowest BCUT2D eigenvalue weighted by atomic mass is 10.1. The Morgan fingerprint density at radius 3 is 2.48 bits per heavy atom. The minimum Gasteiger partial charge on any atom is -0.457 e. The lowest BCUT2D eigenvalue weighted by Gasteiger charge is -2.09. The number of nitrogens with one attached hydrogen (secondary N) is 1. The van der Waals surface area contributed by atoms with Gasteiger partial charge < -0.3 is 14.6 Å². The number of carbonyl (C=O) groups is 1. The van der Waals surface area contributed by atoms with Gasteiger partial charge in [0.1, 0.15) is 11.5 Å². The van der Waals surface area contributed by atoms with Crippen LogP contribution in [0, 0.1) is 6.92 Å². The molecule has 4 aromatic rings. The molecule has 4 rings (SSSR count). The zero-order valence-electron chi connectivity index (χ0n) is 17.3. The predicted octanol–water partition coefficient (Wildman–Crippen LogP) is 5.31. The molecule has 0 aliphatic heterocycles. The minimum absolute atomic E-state index is 0.123. The average molecular weight is 431 g/mol. The lowest BCUT2D eigenvalue weighted by Crippen LogP contribution is -2.14. The van der Waals surface area contributed by atoms with Crippen molar-refractivity contribution >= 4 is 23.4 Å². The summed E-state index contributed by atoms with van der Waals surface area (Å²) < 4.78 is 7.72. The van der Waals surface area contributed by atoms with E-state index >= 15 is 0 Å². The number of aryl methyl sites for hydroxylation is 1. The number of hydrogen-bond acceptors (Lipinski definition) is 5. The fourth-order valence-corrected chi connectivity index (χ4v) is 3.69. The molecule has 0 unspecified atom stereocenters. The number of benzene rings is 3. The number of thioether (sulfide) groups is 1. The van der Waals surface area contributed by atoms with Crippen molar-refractivity contribution in [2.24, 2.45) is 7.05 Å². The number of anilines is 1. The maximum absolute atomic E-state index is 12.5. The third kappa shape index (κ3) is 5.32. The van der Waals surface area contributed by atoms with Crippen LogP contribution in [0.4, 0.5) is 5.69 Å². The lowest BCUT2D eigenvalue weighted by molar-refractivity contribution is -0.113. The Labute approximate surface area is 185 Å². The molecule has 7 heteroatoms. The first-order chi connectivity index (χ1) is 15.1. The second-order valence-corrected chi connectivity index (χ2v) is 7.95. The molecule has 0 fully saturated rings. The summed E-state index contributed by atoms with van der Waals surface area (Å²) in [5.74, 6) is 2.28. The summed E-state index contributed by atoms with van der Waals surface area (Å²) >= 11 is 1.35. The van der Waals surface area contributed by atoms with Crippen molar-refractivity contribution in [3.05, 3.63) is 84.4 Å². The summed E-state index contributed by atoms with van der Waals surface area (Å²) in [6, 6.07) is 25.0. The number of rotatable bonds is 7. The molecule has 0 aliphatic carbocycles. The van der Waals surface area contributed by atoms with Crippen LogP contribution < -0.4 is 10.1 Å². The van der Waals surface area contributed by atoms with Crippen molar-refractivity contribution in [2.75, 3.05) is 11.1 Å². The van der Waals surface area contributed by atoms with E-state index in [2.05, 4.69) is 15.5 Å². The van der Waals surface area contributed by atoms with E-state index in [0.717, 1.165) is 17.1 Å². The van der Waals surface area contributed by atoms with E-state index in [1.165, 1.54) is 17.3 Å². The zero-order valence-corrected chi connectivity index (χ0v) is 18.1.